The normalized spacial score (nSPS) is 37.2. The number of fused-ring (bicyclic) bond motifs is 7. The summed E-state index contributed by atoms with van der Waals surface area (Å²) in [5.41, 5.74) is 6.83. The first-order valence-corrected chi connectivity index (χ1v) is 21.7. The lowest BCUT2D eigenvalue weighted by atomic mass is 9.32. The van der Waals surface area contributed by atoms with Gasteiger partial charge in [0.05, 0.1) is 5.56 Å². The van der Waals surface area contributed by atoms with Crippen LogP contribution in [0.1, 0.15) is 148 Å². The first kappa shape index (κ1) is 40.4. The van der Waals surface area contributed by atoms with Crippen molar-refractivity contribution in [1.82, 2.24) is 15.2 Å². The summed E-state index contributed by atoms with van der Waals surface area (Å²) in [5.74, 6) is 3.15. The van der Waals surface area contributed by atoms with Gasteiger partial charge >= 0.3 is 5.97 Å². The van der Waals surface area contributed by atoms with Gasteiger partial charge in [0.1, 0.15) is 5.60 Å². The van der Waals surface area contributed by atoms with E-state index in [2.05, 4.69) is 108 Å². The van der Waals surface area contributed by atoms with E-state index in [-0.39, 0.29) is 16.8 Å². The van der Waals surface area contributed by atoms with Crippen LogP contribution in [0.2, 0.25) is 0 Å². The lowest BCUT2D eigenvalue weighted by Crippen LogP contribution is -2.65. The summed E-state index contributed by atoms with van der Waals surface area (Å²) in [4.78, 5) is 19.6. The van der Waals surface area contributed by atoms with E-state index in [1.807, 2.05) is 45.3 Å². The molecule has 1 aromatic heterocycles. The molecule has 5 aliphatic rings. The van der Waals surface area contributed by atoms with E-state index >= 15 is 0 Å². The highest BCUT2D eigenvalue weighted by Gasteiger charge is 2.70. The van der Waals surface area contributed by atoms with Crippen molar-refractivity contribution in [2.45, 2.75) is 132 Å². The third-order valence-corrected chi connectivity index (χ3v) is 17.2. The monoisotopic (exact) mass is 748 g/mol. The number of rotatable bonds is 9. The van der Waals surface area contributed by atoms with E-state index in [0.29, 0.717) is 51.5 Å². The highest BCUT2D eigenvalue weighted by Crippen LogP contribution is 2.77. The number of ether oxygens (including phenoxy) is 1. The van der Waals surface area contributed by atoms with E-state index in [1.54, 1.807) is 0 Å². The van der Waals surface area contributed by atoms with Crippen LogP contribution in [0, 0.1) is 56.7 Å². The molecule has 300 valence electrons. The Hall–Kier alpha value is -2.76. The van der Waals surface area contributed by atoms with Crippen LogP contribution in [0.15, 0.2) is 67.0 Å². The Morgan fingerprint density at radius 1 is 0.945 bits per heavy atom. The second-order valence-corrected chi connectivity index (χ2v) is 21.6. The largest absolute Gasteiger partial charge is 0.456 e. The SMILES string of the molecule is C=C(C)C1CCC2(CNCC(c3cccnc3)N(C)C)CCC3(C)C(CCC4C5(C)CC=C(c6ccc(C(=O)OC(C)(C)C)cc6)C(C)(C)C5CCC43C)C12. The van der Waals surface area contributed by atoms with Gasteiger partial charge in [0.2, 0.25) is 0 Å². The minimum atomic E-state index is -0.502. The summed E-state index contributed by atoms with van der Waals surface area (Å²) < 4.78 is 5.67. The lowest BCUT2D eigenvalue weighted by Gasteiger charge is -2.72. The molecular formula is C50H73N3O2. The van der Waals surface area contributed by atoms with E-state index in [9.17, 15) is 4.79 Å². The van der Waals surface area contributed by atoms with Crippen LogP contribution in [0.5, 0.6) is 0 Å². The Kier molecular flexibility index (Phi) is 10.5. The van der Waals surface area contributed by atoms with E-state index in [0.717, 1.165) is 25.4 Å². The summed E-state index contributed by atoms with van der Waals surface area (Å²) in [6.07, 6.45) is 18.3. The summed E-state index contributed by atoms with van der Waals surface area (Å²) >= 11 is 0. The molecule has 5 heteroatoms. The Bertz CT molecular complexity index is 1770. The Balaban J connectivity index is 1.14. The molecule has 4 fully saturated rings. The summed E-state index contributed by atoms with van der Waals surface area (Å²) in [5, 5.41) is 4.09. The average Bonchev–Trinajstić information content (AvgIpc) is 3.50. The first-order chi connectivity index (χ1) is 25.8. The zero-order chi connectivity index (χ0) is 39.8. The molecule has 10 atom stereocenters. The highest BCUT2D eigenvalue weighted by molar-refractivity contribution is 5.90. The number of hydrogen-bond acceptors (Lipinski definition) is 5. The maximum atomic E-state index is 12.8. The fourth-order valence-corrected chi connectivity index (χ4v) is 14.4. The average molecular weight is 748 g/mol. The van der Waals surface area contributed by atoms with Gasteiger partial charge in [-0.2, -0.15) is 0 Å². The predicted molar refractivity (Wildman–Crippen MR) is 227 cm³/mol. The number of carbonyl (C=O) groups is 1. The maximum Gasteiger partial charge on any atom is 0.338 e. The van der Waals surface area contributed by atoms with Gasteiger partial charge in [0.15, 0.2) is 0 Å². The van der Waals surface area contributed by atoms with Crippen LogP contribution < -0.4 is 5.32 Å². The molecule has 1 N–H and O–H groups in total. The van der Waals surface area contributed by atoms with Gasteiger partial charge in [-0.15, -0.1) is 0 Å². The molecule has 7 rings (SSSR count). The molecule has 0 spiro atoms. The van der Waals surface area contributed by atoms with Crippen LogP contribution in [0.25, 0.3) is 5.57 Å². The van der Waals surface area contributed by atoms with Crippen LogP contribution in [-0.2, 0) is 4.74 Å². The zero-order valence-electron chi connectivity index (χ0n) is 36.4. The van der Waals surface area contributed by atoms with Gasteiger partial charge < -0.3 is 15.0 Å². The molecular weight excluding hydrogens is 675 g/mol. The number of allylic oxidation sites excluding steroid dienone is 3. The minimum Gasteiger partial charge on any atom is -0.456 e. The van der Waals surface area contributed by atoms with Gasteiger partial charge in [-0.3, -0.25) is 4.98 Å². The number of nitrogens with zero attached hydrogens (tertiary/aromatic N) is 2. The van der Waals surface area contributed by atoms with Gasteiger partial charge in [-0.05, 0) is 191 Å². The highest BCUT2D eigenvalue weighted by atomic mass is 16.6. The van der Waals surface area contributed by atoms with E-state index < -0.39 is 5.60 Å². The third kappa shape index (κ3) is 6.69. The molecule has 0 saturated heterocycles. The molecule has 2 aromatic rings. The molecule has 4 saturated carbocycles. The number of esters is 1. The number of likely N-dealkylation sites (N-methyl/N-ethyl adjacent to an activating group) is 1. The van der Waals surface area contributed by atoms with Gasteiger partial charge in [-0.1, -0.05) is 71.0 Å². The van der Waals surface area contributed by atoms with Crippen molar-refractivity contribution in [3.63, 3.8) is 0 Å². The molecule has 1 aromatic carbocycles. The Morgan fingerprint density at radius 3 is 2.31 bits per heavy atom. The smallest absolute Gasteiger partial charge is 0.338 e. The Morgan fingerprint density at radius 2 is 1.67 bits per heavy atom. The van der Waals surface area contributed by atoms with Crippen molar-refractivity contribution in [2.24, 2.45) is 56.7 Å². The summed E-state index contributed by atoms with van der Waals surface area (Å²) in [7, 11) is 4.39. The number of hydrogen-bond donors (Lipinski definition) is 1. The van der Waals surface area contributed by atoms with E-state index in [1.165, 1.54) is 73.6 Å². The summed E-state index contributed by atoms with van der Waals surface area (Å²) in [6.45, 7) is 28.1. The van der Waals surface area contributed by atoms with E-state index in [4.69, 9.17) is 4.74 Å². The molecule has 0 amide bonds. The molecule has 10 unspecified atom stereocenters. The van der Waals surface area contributed by atoms with Gasteiger partial charge in [0, 0.05) is 31.5 Å². The summed E-state index contributed by atoms with van der Waals surface area (Å²) in [6, 6.07) is 12.9. The van der Waals surface area contributed by atoms with Crippen molar-refractivity contribution < 1.29 is 9.53 Å². The Labute approximate surface area is 334 Å². The number of aromatic nitrogens is 1. The lowest BCUT2D eigenvalue weighted by molar-refractivity contribution is -0.225. The minimum absolute atomic E-state index is 0.0453. The number of nitrogens with one attached hydrogen (secondary N) is 1. The van der Waals surface area contributed by atoms with Crippen molar-refractivity contribution in [3.8, 4) is 0 Å². The topological polar surface area (TPSA) is 54.5 Å². The predicted octanol–water partition coefficient (Wildman–Crippen LogP) is 11.6. The van der Waals surface area contributed by atoms with Crippen molar-refractivity contribution in [3.05, 3.63) is 83.7 Å². The van der Waals surface area contributed by atoms with Gasteiger partial charge in [-0.25, -0.2) is 4.79 Å². The van der Waals surface area contributed by atoms with Gasteiger partial charge in [0.25, 0.3) is 0 Å². The molecule has 0 bridgehead atoms. The number of pyridine rings is 1. The molecule has 55 heavy (non-hydrogen) atoms. The van der Waals surface area contributed by atoms with Crippen molar-refractivity contribution in [2.75, 3.05) is 27.2 Å². The molecule has 0 radical (unpaired) electrons. The van der Waals surface area contributed by atoms with Crippen LogP contribution in [-0.4, -0.2) is 48.6 Å². The van der Waals surface area contributed by atoms with Crippen molar-refractivity contribution >= 4 is 11.5 Å². The third-order valence-electron chi connectivity index (χ3n) is 17.2. The maximum absolute atomic E-state index is 12.8. The first-order valence-electron chi connectivity index (χ1n) is 21.7. The van der Waals surface area contributed by atoms with Crippen LogP contribution >= 0.6 is 0 Å². The zero-order valence-corrected chi connectivity index (χ0v) is 36.4. The molecule has 5 nitrogen and oxygen atoms in total. The number of carbonyl (C=O) groups excluding carboxylic acids is 1. The fourth-order valence-electron chi connectivity index (χ4n) is 14.4. The second-order valence-electron chi connectivity index (χ2n) is 21.6. The molecule has 5 aliphatic carbocycles. The molecule has 1 heterocycles. The van der Waals surface area contributed by atoms with Crippen LogP contribution in [0.3, 0.4) is 0 Å². The molecule has 0 aliphatic heterocycles. The standard InChI is InChI=1S/C50H73N3O2/c1-33(2)37-21-26-50(32-52-31-40(53(11)12)36-14-13-29-51-30-36)28-27-48(9)39(43(37)50)19-20-42-47(8)24-22-38(46(6,7)41(47)23-25-49(42,48)10)34-15-17-35(18-16-34)44(54)55-45(3,4)5/h13-18,22,29-30,37,39-43,52H,1,19-21,23-28,31-32H2,2-12H3. The van der Waals surface area contributed by atoms with Crippen LogP contribution in [0.4, 0.5) is 0 Å². The quantitative estimate of drug-likeness (QED) is 0.204. The second kappa shape index (κ2) is 14.3. The number of benzene rings is 1. The fraction of sp³-hybridized carbons (Fsp3) is 0.680. The van der Waals surface area contributed by atoms with Crippen molar-refractivity contribution in [1.29, 1.82) is 0 Å².